The number of imide groups is 1. The Labute approximate surface area is 214 Å². The average molecular weight is 543 g/mol. The van der Waals surface area contributed by atoms with Crippen molar-refractivity contribution in [1.29, 1.82) is 0 Å². The largest absolute Gasteiger partial charge is 0.535 e. The number of carboxylic acid groups (broad SMARTS) is 1. The number of halogens is 3. The third-order valence-electron chi connectivity index (χ3n) is 6.46. The van der Waals surface area contributed by atoms with Crippen LogP contribution in [0.5, 0.6) is 5.75 Å². The highest BCUT2D eigenvalue weighted by molar-refractivity contribution is 6.47. The minimum absolute atomic E-state index is 0.0717. The molecule has 4 amide bonds. The Hall–Kier alpha value is -3.66. The molecule has 2 heterocycles. The summed E-state index contributed by atoms with van der Waals surface area (Å²) in [6, 6.07) is -1.10. The second kappa shape index (κ2) is 11.0. The van der Waals surface area contributed by atoms with Crippen LogP contribution in [0.4, 0.5) is 18.0 Å². The van der Waals surface area contributed by atoms with Crippen molar-refractivity contribution >= 4 is 36.7 Å². The Morgan fingerprint density at radius 2 is 1.87 bits per heavy atom. The van der Waals surface area contributed by atoms with Crippen LogP contribution >= 0.6 is 0 Å². The van der Waals surface area contributed by atoms with Crippen molar-refractivity contribution < 1.29 is 57.0 Å². The Balaban J connectivity index is 1.81. The van der Waals surface area contributed by atoms with E-state index in [1.807, 2.05) is 0 Å². The van der Waals surface area contributed by atoms with E-state index in [2.05, 4.69) is 0 Å². The van der Waals surface area contributed by atoms with E-state index in [9.17, 15) is 52.4 Å². The number of carbonyl (C=O) groups excluding carboxylic acids is 4. The fourth-order valence-corrected chi connectivity index (χ4v) is 4.35. The summed E-state index contributed by atoms with van der Waals surface area (Å²) >= 11 is 0. The molecule has 206 valence electrons. The highest BCUT2D eigenvalue weighted by Crippen LogP contribution is 2.38. The minimum Gasteiger partial charge on any atom is -0.535 e. The molecule has 16 heteroatoms. The first kappa shape index (κ1) is 28.9. The van der Waals surface area contributed by atoms with Gasteiger partial charge in [0.2, 0.25) is 0 Å². The minimum atomic E-state index is -5.35. The van der Waals surface area contributed by atoms with Crippen LogP contribution in [0.15, 0.2) is 12.1 Å². The molecule has 4 N–H and O–H groups in total. The third kappa shape index (κ3) is 5.75. The fourth-order valence-electron chi connectivity index (χ4n) is 4.35. The highest BCUT2D eigenvalue weighted by Gasteiger charge is 2.49. The van der Waals surface area contributed by atoms with Gasteiger partial charge in [0, 0.05) is 31.9 Å². The lowest BCUT2D eigenvalue weighted by atomic mass is 9.64. The second-order valence-electron chi connectivity index (χ2n) is 8.95. The summed E-state index contributed by atoms with van der Waals surface area (Å²) in [6.45, 7) is 2.83. The monoisotopic (exact) mass is 543 g/mol. The van der Waals surface area contributed by atoms with Gasteiger partial charge in [-0.05, 0) is 31.4 Å². The number of piperazine rings is 1. The maximum atomic E-state index is 13.4. The van der Waals surface area contributed by atoms with Crippen LogP contribution in [-0.2, 0) is 20.8 Å². The predicted octanol–water partition coefficient (Wildman–Crippen LogP) is 0.130. The molecule has 0 radical (unpaired) electrons. The Kier molecular flexibility index (Phi) is 8.36. The summed E-state index contributed by atoms with van der Waals surface area (Å²) in [5, 5.41) is 31.4. The standard InChI is InChI=1S/C22H25BF3N3O9/c1-3-28-6-7-29(19(33)18(28)32)21(36)27-15(17(31)22(24,25)26)13(30)9-12-8-11-5-4-10(2)14(20(34)35)16(11)38-23(12)37/h4-5,12,15,17,31,37H,3,6-9H2,1-2H3,(H,27,36)(H,34,35)/t12-,15+,17+/m1/s1. The van der Waals surface area contributed by atoms with Gasteiger partial charge < -0.3 is 30.1 Å². The zero-order chi connectivity index (χ0) is 28.5. The molecule has 2 aliphatic heterocycles. The molecule has 1 aromatic rings. The summed E-state index contributed by atoms with van der Waals surface area (Å²) in [4.78, 5) is 62.9. The lowest BCUT2D eigenvalue weighted by molar-refractivity contribution is -0.211. The molecule has 0 aromatic heterocycles. The van der Waals surface area contributed by atoms with Gasteiger partial charge in [-0.1, -0.05) is 12.1 Å². The van der Waals surface area contributed by atoms with Crippen LogP contribution < -0.4 is 9.97 Å². The number of amides is 4. The number of rotatable bonds is 7. The molecule has 0 unspecified atom stereocenters. The third-order valence-corrected chi connectivity index (χ3v) is 6.46. The van der Waals surface area contributed by atoms with Crippen molar-refractivity contribution in [2.45, 2.75) is 50.8 Å². The number of aryl methyl sites for hydroxylation is 1. The number of nitrogens with zero attached hydrogens (tertiary/aromatic N) is 2. The number of likely N-dealkylation sites (N-methyl/N-ethyl adjacent to an activating group) is 1. The van der Waals surface area contributed by atoms with Gasteiger partial charge in [-0.2, -0.15) is 13.2 Å². The number of carboxylic acids is 1. The number of fused-ring (bicyclic) bond motifs is 1. The number of hydrogen-bond donors (Lipinski definition) is 4. The molecule has 0 aliphatic carbocycles. The quantitative estimate of drug-likeness (QED) is 0.275. The van der Waals surface area contributed by atoms with Crippen molar-refractivity contribution in [2.24, 2.45) is 0 Å². The zero-order valence-electron chi connectivity index (χ0n) is 20.3. The van der Waals surface area contributed by atoms with Crippen molar-refractivity contribution in [3.05, 3.63) is 28.8 Å². The summed E-state index contributed by atoms with van der Waals surface area (Å²) in [6.07, 6.45) is -9.68. The summed E-state index contributed by atoms with van der Waals surface area (Å²) in [5.41, 5.74) is 0.402. The van der Waals surface area contributed by atoms with E-state index in [4.69, 9.17) is 4.65 Å². The molecule has 1 aromatic carbocycles. The predicted molar refractivity (Wildman–Crippen MR) is 122 cm³/mol. The first-order valence-electron chi connectivity index (χ1n) is 11.6. The molecule has 0 bridgehead atoms. The molecule has 3 rings (SSSR count). The summed E-state index contributed by atoms with van der Waals surface area (Å²) in [7, 11) is -1.79. The van der Waals surface area contributed by atoms with Gasteiger partial charge in [0.05, 0.1) is 0 Å². The van der Waals surface area contributed by atoms with E-state index < -0.39 is 67.3 Å². The topological polar surface area (TPSA) is 174 Å². The number of aliphatic hydroxyl groups is 1. The first-order chi connectivity index (χ1) is 17.7. The fraction of sp³-hybridized carbons (Fsp3) is 0.500. The zero-order valence-corrected chi connectivity index (χ0v) is 20.3. The van der Waals surface area contributed by atoms with Crippen LogP contribution in [0.2, 0.25) is 5.82 Å². The molecular formula is C22H25BF3N3O9. The molecule has 1 fully saturated rings. The van der Waals surface area contributed by atoms with Crippen molar-refractivity contribution in [3.63, 3.8) is 0 Å². The number of aliphatic hydroxyl groups excluding tert-OH is 1. The van der Waals surface area contributed by atoms with Crippen LogP contribution in [0.25, 0.3) is 0 Å². The Morgan fingerprint density at radius 1 is 1.21 bits per heavy atom. The van der Waals surface area contributed by atoms with Gasteiger partial charge in [-0.3, -0.25) is 19.3 Å². The van der Waals surface area contributed by atoms with E-state index >= 15 is 0 Å². The summed E-state index contributed by atoms with van der Waals surface area (Å²) in [5.74, 6) is -6.31. The van der Waals surface area contributed by atoms with E-state index in [0.29, 0.717) is 10.5 Å². The van der Waals surface area contributed by atoms with Crippen LogP contribution in [0.1, 0.15) is 34.8 Å². The van der Waals surface area contributed by atoms with E-state index in [1.54, 1.807) is 12.2 Å². The molecule has 12 nitrogen and oxygen atoms in total. The van der Waals surface area contributed by atoms with Crippen LogP contribution in [-0.4, -0.2) is 99.7 Å². The van der Waals surface area contributed by atoms with Gasteiger partial charge in [0.1, 0.15) is 17.4 Å². The van der Waals surface area contributed by atoms with E-state index in [-0.39, 0.29) is 42.9 Å². The number of aromatic carboxylic acids is 1. The Morgan fingerprint density at radius 3 is 2.45 bits per heavy atom. The highest BCUT2D eigenvalue weighted by atomic mass is 19.4. The smallest absolute Gasteiger partial charge is 0.526 e. The maximum Gasteiger partial charge on any atom is 0.526 e. The lowest BCUT2D eigenvalue weighted by Gasteiger charge is -2.34. The van der Waals surface area contributed by atoms with E-state index in [0.717, 1.165) is 4.90 Å². The maximum absolute atomic E-state index is 13.4. The average Bonchev–Trinajstić information content (AvgIpc) is 2.83. The molecule has 3 atom stereocenters. The van der Waals surface area contributed by atoms with Crippen LogP contribution in [0.3, 0.4) is 0 Å². The van der Waals surface area contributed by atoms with Crippen molar-refractivity contribution in [2.75, 3.05) is 19.6 Å². The van der Waals surface area contributed by atoms with Gasteiger partial charge in [-0.15, -0.1) is 0 Å². The molecule has 38 heavy (non-hydrogen) atoms. The van der Waals surface area contributed by atoms with Gasteiger partial charge in [-0.25, -0.2) is 9.59 Å². The van der Waals surface area contributed by atoms with Crippen molar-refractivity contribution in [3.8, 4) is 5.75 Å². The number of Topliss-reactive ketones (excluding diaryl/α,β-unsaturated/α-hetero) is 1. The van der Waals surface area contributed by atoms with Gasteiger partial charge >= 0.3 is 37.1 Å². The molecule has 0 spiro atoms. The van der Waals surface area contributed by atoms with Crippen LogP contribution in [0, 0.1) is 6.92 Å². The Bertz CT molecular complexity index is 1160. The lowest BCUT2D eigenvalue weighted by Crippen LogP contribution is -2.62. The SMILES string of the molecule is CCN1CCN(C(=O)N[C@@H](C(=O)C[C@H]2Cc3ccc(C)c(C(=O)O)c3OB2O)[C@H](O)C(F)(F)F)C(=O)C1=O. The molecule has 2 aliphatic rings. The molecule has 0 saturated carbocycles. The van der Waals surface area contributed by atoms with Gasteiger partial charge in [0.25, 0.3) is 0 Å². The number of carbonyl (C=O) groups is 5. The van der Waals surface area contributed by atoms with Crippen molar-refractivity contribution in [1.82, 2.24) is 15.1 Å². The number of nitrogens with one attached hydrogen (secondary N) is 1. The normalized spacial score (nSPS) is 19.4. The summed E-state index contributed by atoms with van der Waals surface area (Å²) < 4.78 is 45.4. The van der Waals surface area contributed by atoms with E-state index in [1.165, 1.54) is 19.1 Å². The number of ketones is 1. The number of benzene rings is 1. The van der Waals surface area contributed by atoms with Gasteiger partial charge in [0.15, 0.2) is 11.9 Å². The molecule has 1 saturated heterocycles. The molecular weight excluding hydrogens is 518 g/mol. The number of alkyl halides is 3. The first-order valence-corrected chi connectivity index (χ1v) is 11.6. The number of urea groups is 1. The second-order valence-corrected chi connectivity index (χ2v) is 8.95. The number of hydrogen-bond acceptors (Lipinski definition) is 8.